The Labute approximate surface area is 351 Å². The Kier molecular flexibility index (Phi) is 11.2. The number of carbonyl (C=O) groups excluding carboxylic acids is 2. The van der Waals surface area contributed by atoms with Gasteiger partial charge in [0.2, 0.25) is 11.8 Å². The minimum absolute atomic E-state index is 0.0277. The Morgan fingerprint density at radius 1 is 0.841 bits per heavy atom. The van der Waals surface area contributed by atoms with Crippen molar-refractivity contribution >= 4 is 34.8 Å². The van der Waals surface area contributed by atoms with Crippen LogP contribution in [0, 0.1) is 0 Å². The highest BCUT2D eigenvalue weighted by Gasteiger charge is 2.38. The summed E-state index contributed by atoms with van der Waals surface area (Å²) in [4.78, 5) is 45.9. The monoisotopic (exact) mass is 871 g/mol. The van der Waals surface area contributed by atoms with Crippen LogP contribution in [0.2, 0.25) is 0 Å². The number of ether oxygens (including phenoxy) is 1. The van der Waals surface area contributed by atoms with E-state index in [0.29, 0.717) is 5.69 Å². The number of amides is 2. The van der Waals surface area contributed by atoms with Gasteiger partial charge in [-0.3, -0.25) is 25.3 Å². The fourth-order valence-electron chi connectivity index (χ4n) is 6.54. The summed E-state index contributed by atoms with van der Waals surface area (Å²) in [6.45, 7) is -1.26. The van der Waals surface area contributed by atoms with Crippen molar-refractivity contribution in [3.05, 3.63) is 155 Å². The number of hydrogen-bond donors (Lipinski definition) is 5. The summed E-state index contributed by atoms with van der Waals surface area (Å²) >= 11 is 0. The summed E-state index contributed by atoms with van der Waals surface area (Å²) in [5, 5.41) is 30.2. The molecule has 1 unspecified atom stereocenters. The number of hydrazine groups is 1. The molecule has 2 aliphatic rings. The number of anilines is 2. The van der Waals surface area contributed by atoms with Crippen molar-refractivity contribution in [3.8, 4) is 17.1 Å². The maximum Gasteiger partial charge on any atom is 0.417 e. The average molecular weight is 872 g/mol. The van der Waals surface area contributed by atoms with Crippen molar-refractivity contribution in [2.24, 2.45) is 0 Å². The number of carbonyl (C=O) groups is 2. The molecule has 8 rings (SSSR count). The molecule has 0 saturated heterocycles. The first kappa shape index (κ1) is 41.9. The molecule has 0 radical (unpaired) electrons. The Hall–Kier alpha value is -7.85. The molecular weight excluding hydrogens is 841 g/mol. The lowest BCUT2D eigenvalue weighted by Gasteiger charge is -2.32. The molecule has 6 aromatic rings. The van der Waals surface area contributed by atoms with Gasteiger partial charge in [-0.1, -0.05) is 36.4 Å². The van der Waals surface area contributed by atoms with E-state index in [1.165, 1.54) is 107 Å². The SMILES string of the molecule is O=C(Nc1ccncc1)C1=CN(Cc2cc(OCC(O)CO)nc(NC(=O)c3cnc4ccc(-c5ccccc5C(F)(F)F)nn34)n2)C2=CC=C(c3ccccc3C(F)(F)F)NN12. The molecule has 1 atom stereocenters. The molecule has 6 heterocycles. The summed E-state index contributed by atoms with van der Waals surface area (Å²) in [5.41, 5.74) is 0.986. The number of allylic oxidation sites excluding steroid dienone is 2. The Bertz CT molecular complexity index is 2810. The van der Waals surface area contributed by atoms with Crippen LogP contribution in [0.25, 0.3) is 22.6 Å². The van der Waals surface area contributed by atoms with Gasteiger partial charge >= 0.3 is 12.4 Å². The van der Waals surface area contributed by atoms with Crippen LogP contribution >= 0.6 is 0 Å². The lowest BCUT2D eigenvalue weighted by molar-refractivity contribution is -0.138. The van der Waals surface area contributed by atoms with Gasteiger partial charge in [0, 0.05) is 41.5 Å². The lowest BCUT2D eigenvalue weighted by atomic mass is 10.0. The molecule has 0 bridgehead atoms. The maximum absolute atomic E-state index is 14.1. The molecule has 22 heteroatoms. The molecule has 2 amide bonds. The van der Waals surface area contributed by atoms with Crippen LogP contribution in [-0.2, 0) is 23.7 Å². The highest BCUT2D eigenvalue weighted by Crippen LogP contribution is 2.38. The summed E-state index contributed by atoms with van der Waals surface area (Å²) in [7, 11) is 0. The maximum atomic E-state index is 14.1. The van der Waals surface area contributed by atoms with E-state index in [1.807, 2.05) is 0 Å². The van der Waals surface area contributed by atoms with Crippen LogP contribution in [0.3, 0.4) is 0 Å². The quantitative estimate of drug-likeness (QED) is 0.0955. The molecule has 16 nitrogen and oxygen atoms in total. The number of rotatable bonds is 12. The van der Waals surface area contributed by atoms with Crippen molar-refractivity contribution in [2.75, 3.05) is 23.8 Å². The van der Waals surface area contributed by atoms with E-state index in [4.69, 9.17) is 4.74 Å². The molecule has 0 saturated carbocycles. The Balaban J connectivity index is 1.13. The number of fused-ring (bicyclic) bond motifs is 2. The van der Waals surface area contributed by atoms with Crippen LogP contribution in [0.15, 0.2) is 127 Å². The van der Waals surface area contributed by atoms with Gasteiger partial charge in [0.1, 0.15) is 24.2 Å². The third kappa shape index (κ3) is 8.97. The van der Waals surface area contributed by atoms with E-state index >= 15 is 0 Å². The highest BCUT2D eigenvalue weighted by atomic mass is 19.4. The van der Waals surface area contributed by atoms with Gasteiger partial charge in [0.25, 0.3) is 11.8 Å². The Morgan fingerprint density at radius 3 is 2.25 bits per heavy atom. The van der Waals surface area contributed by atoms with Crippen molar-refractivity contribution in [1.29, 1.82) is 0 Å². The van der Waals surface area contributed by atoms with E-state index < -0.39 is 54.6 Å². The third-order valence-corrected chi connectivity index (χ3v) is 9.42. The predicted molar refractivity (Wildman–Crippen MR) is 211 cm³/mol. The van der Waals surface area contributed by atoms with Crippen molar-refractivity contribution in [1.82, 2.24) is 44.9 Å². The van der Waals surface area contributed by atoms with E-state index in [9.17, 15) is 46.1 Å². The van der Waals surface area contributed by atoms with Gasteiger partial charge in [-0.15, -0.1) is 0 Å². The second-order valence-corrected chi connectivity index (χ2v) is 13.7. The summed E-state index contributed by atoms with van der Waals surface area (Å²) in [5.74, 6) is -1.80. The van der Waals surface area contributed by atoms with E-state index in [1.54, 1.807) is 0 Å². The number of imidazole rings is 1. The zero-order valence-electron chi connectivity index (χ0n) is 32.1. The van der Waals surface area contributed by atoms with Gasteiger partial charge in [-0.25, -0.2) is 19.5 Å². The second-order valence-electron chi connectivity index (χ2n) is 13.7. The number of nitrogens with zero attached hydrogens (tertiary/aromatic N) is 8. The number of halogens is 6. The smallest absolute Gasteiger partial charge is 0.417 e. The summed E-state index contributed by atoms with van der Waals surface area (Å²) < 4.78 is 90.5. The first-order chi connectivity index (χ1) is 30.2. The fraction of sp³-hybridized carbons (Fsp3) is 0.146. The number of alkyl halides is 6. The molecule has 0 aliphatic carbocycles. The van der Waals surface area contributed by atoms with Crippen LogP contribution < -0.4 is 20.8 Å². The lowest BCUT2D eigenvalue weighted by Crippen LogP contribution is -2.40. The van der Waals surface area contributed by atoms with Crippen molar-refractivity contribution in [3.63, 3.8) is 0 Å². The van der Waals surface area contributed by atoms with Gasteiger partial charge in [-0.05, 0) is 48.6 Å². The van der Waals surface area contributed by atoms with Gasteiger partial charge < -0.3 is 25.2 Å². The molecule has 322 valence electrons. The number of hydrogen-bond acceptors (Lipinski definition) is 13. The zero-order chi connectivity index (χ0) is 44.5. The minimum atomic E-state index is -4.70. The predicted octanol–water partition coefficient (Wildman–Crippen LogP) is 5.60. The van der Waals surface area contributed by atoms with Gasteiger partial charge in [0.05, 0.1) is 47.6 Å². The van der Waals surface area contributed by atoms with Crippen LogP contribution in [0.5, 0.6) is 5.88 Å². The second kappa shape index (κ2) is 16.9. The first-order valence-electron chi connectivity index (χ1n) is 18.6. The van der Waals surface area contributed by atoms with Crippen molar-refractivity contribution < 1.29 is 50.9 Å². The third-order valence-electron chi connectivity index (χ3n) is 9.42. The van der Waals surface area contributed by atoms with Crippen LogP contribution in [-0.4, -0.2) is 80.8 Å². The van der Waals surface area contributed by atoms with Gasteiger partial charge in [-0.2, -0.15) is 36.4 Å². The molecule has 63 heavy (non-hydrogen) atoms. The number of nitrogens with one attached hydrogen (secondary N) is 3. The molecule has 0 fully saturated rings. The highest BCUT2D eigenvalue weighted by molar-refractivity contribution is 6.04. The zero-order valence-corrected chi connectivity index (χ0v) is 32.1. The number of aliphatic hydroxyl groups excluding tert-OH is 2. The first-order valence-corrected chi connectivity index (χ1v) is 18.6. The standard InChI is InChI=1S/C41H31F6N11O5/c42-40(43,44)28-7-3-1-5-26(28)30-9-11-34-49-18-32(57(34)54-30)37(61)53-39-51-24(17-35(52-39)63-22-25(60)21-59)19-56-20-33(38(62)50-23-13-15-48-16-14-23)58-36(56)12-10-31(55-58)27-6-2-4-8-29(27)41(45,46)47/h1-18,20,25,55,59-60H,19,21-22H2,(H,48,50,62)(H,51,52,53,61). The molecule has 5 N–H and O–H groups in total. The Morgan fingerprint density at radius 2 is 1.54 bits per heavy atom. The van der Waals surface area contributed by atoms with Gasteiger partial charge in [0.15, 0.2) is 11.3 Å². The molecule has 0 spiro atoms. The average Bonchev–Trinajstić information content (AvgIpc) is 3.86. The number of aromatic nitrogens is 6. The molecular formula is C41H31F6N11O5. The van der Waals surface area contributed by atoms with Crippen molar-refractivity contribution in [2.45, 2.75) is 25.0 Å². The number of pyridine rings is 1. The number of benzene rings is 2. The van der Waals surface area contributed by atoms with Crippen LogP contribution in [0.4, 0.5) is 38.0 Å². The molecule has 2 aromatic carbocycles. The fourth-order valence-corrected chi connectivity index (χ4v) is 6.54. The summed E-state index contributed by atoms with van der Waals surface area (Å²) in [6.07, 6.45) is -2.34. The molecule has 2 aliphatic heterocycles. The molecule has 4 aromatic heterocycles. The summed E-state index contributed by atoms with van der Waals surface area (Å²) in [6, 6.07) is 16.9. The minimum Gasteiger partial charge on any atom is -0.475 e. The topological polar surface area (TPSA) is 195 Å². The van der Waals surface area contributed by atoms with E-state index in [0.717, 1.165) is 22.8 Å². The largest absolute Gasteiger partial charge is 0.475 e. The normalized spacial score (nSPS) is 14.3. The van der Waals surface area contributed by atoms with Crippen LogP contribution in [0.1, 0.15) is 32.9 Å². The van der Waals surface area contributed by atoms with E-state index in [2.05, 4.69) is 41.1 Å². The van der Waals surface area contributed by atoms with E-state index in [-0.39, 0.29) is 69.4 Å². The number of aliphatic hydroxyl groups is 2.